The zero-order valence-electron chi connectivity index (χ0n) is 7.78. The molecular weight excluding hydrogens is 193 g/mol. The van der Waals surface area contributed by atoms with E-state index in [0.29, 0.717) is 0 Å². The predicted molar refractivity (Wildman–Crippen MR) is 37.2 cm³/mol. The molecule has 0 bridgehead atoms. The van der Waals surface area contributed by atoms with Gasteiger partial charge in [-0.2, -0.15) is 0 Å². The maximum atomic E-state index is 9.99. The topological polar surface area (TPSA) is 132 Å². The van der Waals surface area contributed by atoms with Gasteiger partial charge in [0.1, 0.15) is 6.04 Å². The molecule has 0 aliphatic carbocycles. The third-order valence-corrected chi connectivity index (χ3v) is 0.986. The number of hydrogen-bond donors (Lipinski definition) is 3. The average Bonchev–Trinajstić information content (AvgIpc) is 1.82. The van der Waals surface area contributed by atoms with E-state index in [1.165, 1.54) is 0 Å². The van der Waals surface area contributed by atoms with E-state index in [0.717, 1.165) is 0 Å². The van der Waals surface area contributed by atoms with Crippen LogP contribution in [-0.2, 0) is 9.59 Å². The number of hydrogen-bond acceptors (Lipinski definition) is 3. The first kappa shape index (κ1) is 18.3. The number of carbonyl (C=O) groups is 2. The van der Waals surface area contributed by atoms with Crippen molar-refractivity contribution in [2.45, 2.75) is 18.9 Å². The molecule has 6 N–H and O–H groups in total. The van der Waals surface area contributed by atoms with Crippen molar-refractivity contribution in [2.24, 2.45) is 5.73 Å². The Labute approximate surface area is 113 Å². The molecule has 0 unspecified atom stereocenters. The first-order valence-electron chi connectivity index (χ1n) is 2.74. The van der Waals surface area contributed by atoms with E-state index in [4.69, 9.17) is 15.9 Å². The van der Waals surface area contributed by atoms with E-state index in [1.807, 2.05) is 0 Å². The Morgan fingerprint density at radius 2 is 1.83 bits per heavy atom. The molecule has 0 aromatic carbocycles. The molecule has 12 heavy (non-hydrogen) atoms. The van der Waals surface area contributed by atoms with Gasteiger partial charge in [0, 0.05) is 6.42 Å². The van der Waals surface area contributed by atoms with Crippen LogP contribution in [-0.4, -0.2) is 33.7 Å². The average molecular weight is 205 g/mol. The summed E-state index contributed by atoms with van der Waals surface area (Å²) in [5.74, 6) is -2.20. The van der Waals surface area contributed by atoms with Crippen molar-refractivity contribution in [3.63, 3.8) is 0 Å². The fraction of sp³-hybridized carbons (Fsp3) is 0.600. The van der Waals surface area contributed by atoms with Gasteiger partial charge in [-0.15, -0.1) is 0 Å². The van der Waals surface area contributed by atoms with Crippen LogP contribution in [0, 0.1) is 0 Å². The van der Waals surface area contributed by atoms with Gasteiger partial charge in [0.15, 0.2) is 0 Å². The van der Waals surface area contributed by atoms with Gasteiger partial charge < -0.3 is 22.8 Å². The van der Waals surface area contributed by atoms with Gasteiger partial charge in [-0.25, -0.2) is 0 Å². The molecule has 0 fully saturated rings. The number of nitrogens with two attached hydrogens (primary N) is 1. The Bertz CT molecular complexity index is 156. The van der Waals surface area contributed by atoms with Gasteiger partial charge in [-0.05, 0) is 6.42 Å². The van der Waals surface area contributed by atoms with Crippen LogP contribution >= 0.6 is 0 Å². The van der Waals surface area contributed by atoms with Crippen LogP contribution in [0.2, 0.25) is 0 Å². The molecule has 0 rings (SSSR count). The van der Waals surface area contributed by atoms with Crippen molar-refractivity contribution < 1.29 is 78.1 Å². The summed E-state index contributed by atoms with van der Waals surface area (Å²) in [6.07, 6.45) is -0.224. The fourth-order valence-corrected chi connectivity index (χ4v) is 0.402. The van der Waals surface area contributed by atoms with Gasteiger partial charge in [-0.1, -0.05) is 0 Å². The summed E-state index contributed by atoms with van der Waals surface area (Å²) >= 11 is 0. The quantitative estimate of drug-likeness (QED) is 0.398. The van der Waals surface area contributed by atoms with Gasteiger partial charge in [-0.3, -0.25) is 9.59 Å². The minimum absolute atomic E-state index is 0. The van der Waals surface area contributed by atoms with Crippen LogP contribution in [0.25, 0.3) is 0 Å². The molecule has 0 spiro atoms. The van der Waals surface area contributed by atoms with Crippen LogP contribution in [0.1, 0.15) is 14.3 Å². The second kappa shape index (κ2) is 9.58. The standard InChI is InChI=1S/C5H9NO4.K.H2O.H/c6-3(5(9)10)1-2-4(7)8;;;/h3H,1-2,6H2,(H,7,8)(H,9,10);;1H2;/q;+1;;-1/t3-;;;/m1.../s1. The zero-order chi connectivity index (χ0) is 8.15. The zero-order valence-corrected chi connectivity index (χ0v) is 9.90. The van der Waals surface area contributed by atoms with Crippen LogP contribution in [0.3, 0.4) is 0 Å². The second-order valence-corrected chi connectivity index (χ2v) is 1.88. The maximum absolute atomic E-state index is 9.99. The predicted octanol–water partition coefficient (Wildman–Crippen LogP) is -4.45. The molecule has 0 aromatic heterocycles. The molecule has 0 saturated carbocycles. The molecule has 0 aliphatic heterocycles. The normalized spacial score (nSPS) is 10.4. The first-order chi connectivity index (χ1) is 4.54. The first-order valence-corrected chi connectivity index (χ1v) is 2.74. The summed E-state index contributed by atoms with van der Waals surface area (Å²) in [6, 6.07) is -1.06. The molecule has 0 radical (unpaired) electrons. The summed E-state index contributed by atoms with van der Waals surface area (Å²) < 4.78 is 0. The largest absolute Gasteiger partial charge is 1.00 e. The van der Waals surface area contributed by atoms with Crippen molar-refractivity contribution >= 4 is 11.9 Å². The van der Waals surface area contributed by atoms with Crippen LogP contribution < -0.4 is 57.1 Å². The third-order valence-electron chi connectivity index (χ3n) is 0.986. The van der Waals surface area contributed by atoms with Crippen molar-refractivity contribution in [2.75, 3.05) is 0 Å². The smallest absolute Gasteiger partial charge is 1.00 e. The van der Waals surface area contributed by atoms with E-state index >= 15 is 0 Å². The summed E-state index contributed by atoms with van der Waals surface area (Å²) in [7, 11) is 0. The van der Waals surface area contributed by atoms with Crippen molar-refractivity contribution in [1.29, 1.82) is 0 Å². The molecule has 0 heterocycles. The number of aliphatic carboxylic acids is 2. The SMILES string of the molecule is N[C@H](CCC(=O)O)C(=O)O.O.[H-].[K+]. The molecule has 7 heteroatoms. The molecule has 1 atom stereocenters. The van der Waals surface area contributed by atoms with E-state index in [1.54, 1.807) is 0 Å². The molecule has 0 aliphatic rings. The molecule has 0 saturated heterocycles. The molecule has 0 amide bonds. The minimum Gasteiger partial charge on any atom is -1.00 e. The fourth-order valence-electron chi connectivity index (χ4n) is 0.402. The Morgan fingerprint density at radius 3 is 2.08 bits per heavy atom. The van der Waals surface area contributed by atoms with Crippen LogP contribution in [0.5, 0.6) is 0 Å². The van der Waals surface area contributed by atoms with Gasteiger partial charge in [0.2, 0.25) is 0 Å². The van der Waals surface area contributed by atoms with Gasteiger partial charge >= 0.3 is 63.3 Å². The van der Waals surface area contributed by atoms with Crippen molar-refractivity contribution in [1.82, 2.24) is 0 Å². The van der Waals surface area contributed by atoms with Gasteiger partial charge in [0.25, 0.3) is 0 Å². The number of rotatable bonds is 4. The van der Waals surface area contributed by atoms with E-state index < -0.39 is 18.0 Å². The molecule has 6 nitrogen and oxygen atoms in total. The third kappa shape index (κ3) is 10.5. The maximum Gasteiger partial charge on any atom is 1.00 e. The Balaban J connectivity index is -0.000000135. The van der Waals surface area contributed by atoms with Gasteiger partial charge in [0.05, 0.1) is 0 Å². The van der Waals surface area contributed by atoms with Crippen LogP contribution in [0.4, 0.5) is 0 Å². The summed E-state index contributed by atoms with van der Waals surface area (Å²) in [5.41, 5.74) is 5.00. The Kier molecular flexibility index (Phi) is 14.6. The molecule has 0 aromatic rings. The van der Waals surface area contributed by atoms with Crippen molar-refractivity contribution in [3.05, 3.63) is 0 Å². The Hall–Kier alpha value is 0.496. The molecule has 68 valence electrons. The summed E-state index contributed by atoms with van der Waals surface area (Å²) in [5, 5.41) is 16.3. The molecular formula is C5H12KNO5. The second-order valence-electron chi connectivity index (χ2n) is 1.88. The van der Waals surface area contributed by atoms with E-state index in [2.05, 4.69) is 0 Å². The Morgan fingerprint density at radius 1 is 1.42 bits per heavy atom. The summed E-state index contributed by atoms with van der Waals surface area (Å²) in [6.45, 7) is 0. The number of carboxylic acids is 2. The van der Waals surface area contributed by atoms with Crippen molar-refractivity contribution in [3.8, 4) is 0 Å². The summed E-state index contributed by atoms with van der Waals surface area (Å²) in [4.78, 5) is 19.9. The minimum atomic E-state index is -1.17. The monoisotopic (exact) mass is 205 g/mol. The van der Waals surface area contributed by atoms with E-state index in [9.17, 15) is 9.59 Å². The van der Waals surface area contributed by atoms with Crippen LogP contribution in [0.15, 0.2) is 0 Å². The van der Waals surface area contributed by atoms with E-state index in [-0.39, 0.29) is 71.1 Å². The number of carboxylic acid groups (broad SMARTS) is 2.